The molecule has 2 amide bonds. The van der Waals surface area contributed by atoms with Crippen LogP contribution in [-0.4, -0.2) is 74.6 Å². The van der Waals surface area contributed by atoms with Gasteiger partial charge in [-0.15, -0.1) is 0 Å². The summed E-state index contributed by atoms with van der Waals surface area (Å²) in [6, 6.07) is 6.93. The summed E-state index contributed by atoms with van der Waals surface area (Å²) in [5.74, 6) is -0.795. The number of amides is 2. The molecule has 1 unspecified atom stereocenters. The molecule has 0 spiro atoms. The van der Waals surface area contributed by atoms with Crippen molar-refractivity contribution in [1.82, 2.24) is 9.21 Å². The number of nitrogens with zero attached hydrogens (tertiary/aromatic N) is 2. The number of para-hydroxylation sites is 1. The smallest absolute Gasteiger partial charge is 0.256 e. The molecule has 154 valence electrons. The van der Waals surface area contributed by atoms with Gasteiger partial charge in [0, 0.05) is 26.2 Å². The molecule has 0 aromatic heterocycles. The maximum absolute atomic E-state index is 12.8. The molecule has 2 heterocycles. The van der Waals surface area contributed by atoms with Crippen LogP contribution in [0.2, 0.25) is 0 Å². The molecule has 0 bridgehead atoms. The van der Waals surface area contributed by atoms with E-state index < -0.39 is 15.9 Å². The summed E-state index contributed by atoms with van der Waals surface area (Å²) in [4.78, 5) is 27.3. The lowest BCUT2D eigenvalue weighted by Crippen LogP contribution is -2.44. The van der Waals surface area contributed by atoms with E-state index in [4.69, 9.17) is 4.74 Å². The standard InChI is InChI=1S/C19H27N3O5S/c1-2-28(25,26)22-9-5-6-15(14-22)18(23)20-17-8-4-3-7-16(17)19(24)21-10-12-27-13-11-21/h3-4,7-8,15H,2,5-6,9-14H2,1H3,(H,20,23). The van der Waals surface area contributed by atoms with E-state index in [2.05, 4.69) is 5.32 Å². The summed E-state index contributed by atoms with van der Waals surface area (Å²) < 4.78 is 30.9. The van der Waals surface area contributed by atoms with Gasteiger partial charge < -0.3 is 15.0 Å². The van der Waals surface area contributed by atoms with E-state index in [-0.39, 0.29) is 24.1 Å². The van der Waals surface area contributed by atoms with Crippen LogP contribution in [0, 0.1) is 5.92 Å². The number of morpholine rings is 1. The molecule has 8 nitrogen and oxygen atoms in total. The third kappa shape index (κ3) is 4.71. The minimum absolute atomic E-state index is 0.0260. The molecule has 1 N–H and O–H groups in total. The molecule has 28 heavy (non-hydrogen) atoms. The summed E-state index contributed by atoms with van der Waals surface area (Å²) in [5, 5.41) is 2.85. The molecule has 1 atom stereocenters. The van der Waals surface area contributed by atoms with Crippen LogP contribution in [-0.2, 0) is 19.6 Å². The number of nitrogens with one attached hydrogen (secondary N) is 1. The third-order valence-corrected chi connectivity index (χ3v) is 7.07. The van der Waals surface area contributed by atoms with Crippen LogP contribution < -0.4 is 5.32 Å². The first kappa shape index (κ1) is 20.8. The van der Waals surface area contributed by atoms with E-state index in [9.17, 15) is 18.0 Å². The average Bonchev–Trinajstić information content (AvgIpc) is 2.74. The molecule has 0 saturated carbocycles. The Morgan fingerprint density at radius 3 is 2.61 bits per heavy atom. The first-order valence-electron chi connectivity index (χ1n) is 9.67. The third-order valence-electron chi connectivity index (χ3n) is 5.23. The normalized spacial score (nSPS) is 21.3. The van der Waals surface area contributed by atoms with Gasteiger partial charge in [-0.05, 0) is 31.9 Å². The van der Waals surface area contributed by atoms with Crippen molar-refractivity contribution in [2.24, 2.45) is 5.92 Å². The number of benzene rings is 1. The summed E-state index contributed by atoms with van der Waals surface area (Å²) >= 11 is 0. The zero-order valence-corrected chi connectivity index (χ0v) is 16.9. The van der Waals surface area contributed by atoms with Crippen molar-refractivity contribution in [3.63, 3.8) is 0 Å². The molecule has 2 saturated heterocycles. The highest BCUT2D eigenvalue weighted by Gasteiger charge is 2.32. The number of carbonyl (C=O) groups is 2. The molecular formula is C19H27N3O5S. The number of piperidine rings is 1. The van der Waals surface area contributed by atoms with Crippen LogP contribution in [0.15, 0.2) is 24.3 Å². The van der Waals surface area contributed by atoms with Crippen LogP contribution in [0.1, 0.15) is 30.1 Å². The summed E-state index contributed by atoms with van der Waals surface area (Å²) in [6.45, 7) is 4.29. The summed E-state index contributed by atoms with van der Waals surface area (Å²) in [5.41, 5.74) is 0.894. The van der Waals surface area contributed by atoms with Crippen molar-refractivity contribution in [3.8, 4) is 0 Å². The van der Waals surface area contributed by atoms with Crippen LogP contribution in [0.3, 0.4) is 0 Å². The van der Waals surface area contributed by atoms with E-state index in [1.54, 1.807) is 36.1 Å². The zero-order valence-electron chi connectivity index (χ0n) is 16.1. The molecule has 1 aromatic rings. The Bertz CT molecular complexity index is 821. The molecule has 2 aliphatic heterocycles. The van der Waals surface area contributed by atoms with Crippen molar-refractivity contribution in [2.45, 2.75) is 19.8 Å². The fraction of sp³-hybridized carbons (Fsp3) is 0.579. The Labute approximate surface area is 165 Å². The number of carbonyl (C=O) groups excluding carboxylic acids is 2. The minimum atomic E-state index is -3.32. The monoisotopic (exact) mass is 409 g/mol. The number of rotatable bonds is 5. The van der Waals surface area contributed by atoms with Gasteiger partial charge in [0.15, 0.2) is 0 Å². The number of ether oxygens (including phenoxy) is 1. The number of anilines is 1. The van der Waals surface area contributed by atoms with Gasteiger partial charge in [-0.2, -0.15) is 0 Å². The van der Waals surface area contributed by atoms with Gasteiger partial charge >= 0.3 is 0 Å². The van der Waals surface area contributed by atoms with Crippen LogP contribution in [0.5, 0.6) is 0 Å². The highest BCUT2D eigenvalue weighted by atomic mass is 32.2. The summed E-state index contributed by atoms with van der Waals surface area (Å²) in [6.07, 6.45) is 1.27. The van der Waals surface area contributed by atoms with E-state index in [1.165, 1.54) is 4.31 Å². The SMILES string of the molecule is CCS(=O)(=O)N1CCCC(C(=O)Nc2ccccc2C(=O)N2CCOCC2)C1. The number of hydrogen-bond acceptors (Lipinski definition) is 5. The molecule has 0 aliphatic carbocycles. The minimum Gasteiger partial charge on any atom is -0.378 e. The maximum Gasteiger partial charge on any atom is 0.256 e. The maximum atomic E-state index is 12.8. The lowest BCUT2D eigenvalue weighted by Gasteiger charge is -2.31. The molecule has 1 aromatic carbocycles. The van der Waals surface area contributed by atoms with Gasteiger partial charge in [0.1, 0.15) is 0 Å². The van der Waals surface area contributed by atoms with E-state index in [1.807, 2.05) is 0 Å². The Kier molecular flexibility index (Phi) is 6.69. The lowest BCUT2D eigenvalue weighted by atomic mass is 9.98. The zero-order chi connectivity index (χ0) is 20.1. The molecular weight excluding hydrogens is 382 g/mol. The summed E-state index contributed by atoms with van der Waals surface area (Å²) in [7, 11) is -3.32. The van der Waals surface area contributed by atoms with Gasteiger partial charge in [0.05, 0.1) is 36.1 Å². The van der Waals surface area contributed by atoms with Crippen LogP contribution in [0.4, 0.5) is 5.69 Å². The van der Waals surface area contributed by atoms with Crippen molar-refractivity contribution in [1.29, 1.82) is 0 Å². The van der Waals surface area contributed by atoms with Gasteiger partial charge in [0.25, 0.3) is 5.91 Å². The largest absolute Gasteiger partial charge is 0.378 e. The molecule has 3 rings (SSSR count). The quantitative estimate of drug-likeness (QED) is 0.787. The average molecular weight is 410 g/mol. The van der Waals surface area contributed by atoms with E-state index >= 15 is 0 Å². The number of sulfonamides is 1. The molecule has 2 aliphatic rings. The van der Waals surface area contributed by atoms with Gasteiger partial charge in [-0.25, -0.2) is 12.7 Å². The second kappa shape index (κ2) is 9.02. The van der Waals surface area contributed by atoms with Gasteiger partial charge in [-0.3, -0.25) is 9.59 Å². The Morgan fingerprint density at radius 2 is 1.89 bits per heavy atom. The lowest BCUT2D eigenvalue weighted by molar-refractivity contribution is -0.120. The first-order valence-corrected chi connectivity index (χ1v) is 11.3. The molecule has 2 fully saturated rings. The fourth-order valence-corrected chi connectivity index (χ4v) is 4.72. The van der Waals surface area contributed by atoms with Crippen molar-refractivity contribution in [3.05, 3.63) is 29.8 Å². The second-order valence-corrected chi connectivity index (χ2v) is 9.29. The highest BCUT2D eigenvalue weighted by Crippen LogP contribution is 2.23. The Balaban J connectivity index is 1.71. The van der Waals surface area contributed by atoms with Gasteiger partial charge in [-0.1, -0.05) is 12.1 Å². The fourth-order valence-electron chi connectivity index (χ4n) is 3.54. The van der Waals surface area contributed by atoms with Gasteiger partial charge in [0.2, 0.25) is 15.9 Å². The predicted octanol–water partition coefficient (Wildman–Crippen LogP) is 1.16. The van der Waals surface area contributed by atoms with E-state index in [0.717, 1.165) is 0 Å². The van der Waals surface area contributed by atoms with Crippen molar-refractivity contribution in [2.75, 3.05) is 50.5 Å². The predicted molar refractivity (Wildman–Crippen MR) is 106 cm³/mol. The van der Waals surface area contributed by atoms with Crippen LogP contribution >= 0.6 is 0 Å². The highest BCUT2D eigenvalue weighted by molar-refractivity contribution is 7.89. The van der Waals surface area contributed by atoms with E-state index in [0.29, 0.717) is 56.9 Å². The molecule has 9 heteroatoms. The van der Waals surface area contributed by atoms with Crippen LogP contribution in [0.25, 0.3) is 0 Å². The Morgan fingerprint density at radius 1 is 1.18 bits per heavy atom. The topological polar surface area (TPSA) is 96.0 Å². The van der Waals surface area contributed by atoms with Crippen molar-refractivity contribution < 1.29 is 22.7 Å². The first-order chi connectivity index (χ1) is 13.4. The Hall–Kier alpha value is -1.97. The number of hydrogen-bond donors (Lipinski definition) is 1. The molecule has 0 radical (unpaired) electrons. The second-order valence-electron chi connectivity index (χ2n) is 7.04. The van der Waals surface area contributed by atoms with Crippen molar-refractivity contribution >= 4 is 27.5 Å².